The van der Waals surface area contributed by atoms with Gasteiger partial charge in [0.2, 0.25) is 0 Å². The van der Waals surface area contributed by atoms with E-state index >= 15 is 0 Å². The van der Waals surface area contributed by atoms with Crippen LogP contribution in [0.25, 0.3) is 22.6 Å². The second-order valence-corrected chi connectivity index (χ2v) is 7.83. The molecule has 0 aliphatic rings. The number of aryl methyl sites for hydroxylation is 4. The number of nitrogens with one attached hydrogen (secondary N) is 2. The number of hydrogen-bond acceptors (Lipinski definition) is 3. The third-order valence-electron chi connectivity index (χ3n) is 5.42. The molecule has 2 aromatic heterocycles. The fourth-order valence-electron chi connectivity index (χ4n) is 3.53. The van der Waals surface area contributed by atoms with E-state index in [0.29, 0.717) is 13.1 Å². The third kappa shape index (κ3) is 4.74. The number of aromatic nitrogens is 3. The zero-order chi connectivity index (χ0) is 21.8. The smallest absolute Gasteiger partial charge is 0.319 e. The summed E-state index contributed by atoms with van der Waals surface area (Å²) in [6.07, 6.45) is 2.55. The Morgan fingerprint density at radius 2 is 1.81 bits per heavy atom. The number of hydrogen-bond donors (Lipinski definition) is 2. The van der Waals surface area contributed by atoms with Crippen molar-refractivity contribution in [2.24, 2.45) is 0 Å². The van der Waals surface area contributed by atoms with Crippen molar-refractivity contribution in [3.8, 4) is 11.4 Å². The summed E-state index contributed by atoms with van der Waals surface area (Å²) in [6.45, 7) is 7.42. The Labute approximate surface area is 182 Å². The molecular formula is C25H27N5O. The third-order valence-corrected chi connectivity index (χ3v) is 5.42. The highest BCUT2D eigenvalue weighted by molar-refractivity contribution is 5.89. The Balaban J connectivity index is 1.41. The average molecular weight is 414 g/mol. The molecule has 0 radical (unpaired) electrons. The summed E-state index contributed by atoms with van der Waals surface area (Å²) in [4.78, 5) is 21.6. The van der Waals surface area contributed by atoms with Gasteiger partial charge in [-0.15, -0.1) is 0 Å². The van der Waals surface area contributed by atoms with Crippen LogP contribution in [0.3, 0.4) is 0 Å². The van der Waals surface area contributed by atoms with Crippen molar-refractivity contribution in [2.45, 2.75) is 33.7 Å². The first-order valence-electron chi connectivity index (χ1n) is 10.5. The maximum Gasteiger partial charge on any atom is 0.319 e. The lowest BCUT2D eigenvalue weighted by Crippen LogP contribution is -2.30. The number of imidazole rings is 1. The Hall–Kier alpha value is -3.67. The molecule has 0 saturated heterocycles. The van der Waals surface area contributed by atoms with E-state index in [4.69, 9.17) is 4.98 Å². The summed E-state index contributed by atoms with van der Waals surface area (Å²) < 4.78 is 2.13. The van der Waals surface area contributed by atoms with Crippen molar-refractivity contribution in [1.29, 1.82) is 0 Å². The molecule has 6 heteroatoms. The minimum Gasteiger partial charge on any atom is -0.338 e. The second kappa shape index (κ2) is 9.00. The van der Waals surface area contributed by atoms with Crippen molar-refractivity contribution >= 4 is 22.9 Å². The predicted molar refractivity (Wildman–Crippen MR) is 125 cm³/mol. The van der Waals surface area contributed by atoms with Crippen LogP contribution in [0.2, 0.25) is 0 Å². The van der Waals surface area contributed by atoms with Crippen LogP contribution in [-0.4, -0.2) is 27.1 Å². The Morgan fingerprint density at radius 3 is 2.58 bits per heavy atom. The molecule has 2 aromatic carbocycles. The molecule has 2 N–H and O–H groups in total. The molecule has 0 spiro atoms. The highest BCUT2D eigenvalue weighted by atomic mass is 16.2. The van der Waals surface area contributed by atoms with Gasteiger partial charge in [0.15, 0.2) is 5.65 Å². The average Bonchev–Trinajstić information content (AvgIpc) is 3.13. The Morgan fingerprint density at radius 1 is 1.00 bits per heavy atom. The van der Waals surface area contributed by atoms with E-state index in [2.05, 4.69) is 58.3 Å². The monoisotopic (exact) mass is 413 g/mol. The number of urea groups is 1. The minimum atomic E-state index is -0.198. The van der Waals surface area contributed by atoms with Crippen LogP contribution in [0.1, 0.15) is 23.1 Å². The molecule has 0 fully saturated rings. The summed E-state index contributed by atoms with van der Waals surface area (Å²) >= 11 is 0. The molecule has 0 atom stereocenters. The molecule has 0 bridgehead atoms. The topological polar surface area (TPSA) is 71.8 Å². The van der Waals surface area contributed by atoms with E-state index in [1.807, 2.05) is 37.3 Å². The van der Waals surface area contributed by atoms with Gasteiger partial charge in [-0.05, 0) is 62.6 Å². The molecule has 2 heterocycles. The quantitative estimate of drug-likeness (QED) is 0.425. The SMILES string of the molecule is Cc1ccc(-c2nc3cccnc3n2CCCNC(=O)Nc2ccc(C)c(C)c2)cc1. The fraction of sp³-hybridized carbons (Fsp3) is 0.240. The Bertz CT molecular complexity index is 1210. The molecule has 0 aliphatic carbocycles. The zero-order valence-electron chi connectivity index (χ0n) is 18.1. The number of fused-ring (bicyclic) bond motifs is 1. The van der Waals surface area contributed by atoms with Gasteiger partial charge in [0.05, 0.1) is 0 Å². The van der Waals surface area contributed by atoms with Crippen molar-refractivity contribution in [3.63, 3.8) is 0 Å². The lowest BCUT2D eigenvalue weighted by Gasteiger charge is -2.11. The normalized spacial score (nSPS) is 10.9. The highest BCUT2D eigenvalue weighted by Gasteiger charge is 2.13. The van der Waals surface area contributed by atoms with Gasteiger partial charge >= 0.3 is 6.03 Å². The fourth-order valence-corrected chi connectivity index (χ4v) is 3.53. The number of rotatable bonds is 6. The van der Waals surface area contributed by atoms with Gasteiger partial charge in [-0.3, -0.25) is 0 Å². The van der Waals surface area contributed by atoms with Gasteiger partial charge in [0, 0.05) is 30.5 Å². The van der Waals surface area contributed by atoms with Gasteiger partial charge in [-0.1, -0.05) is 35.9 Å². The van der Waals surface area contributed by atoms with E-state index in [-0.39, 0.29) is 6.03 Å². The van der Waals surface area contributed by atoms with Crippen LogP contribution in [0, 0.1) is 20.8 Å². The number of pyridine rings is 1. The maximum absolute atomic E-state index is 12.2. The minimum absolute atomic E-state index is 0.198. The summed E-state index contributed by atoms with van der Waals surface area (Å²) in [6, 6.07) is 17.9. The zero-order valence-corrected chi connectivity index (χ0v) is 18.1. The molecule has 0 aliphatic heterocycles. The lowest BCUT2D eigenvalue weighted by atomic mass is 10.1. The highest BCUT2D eigenvalue weighted by Crippen LogP contribution is 2.24. The molecule has 31 heavy (non-hydrogen) atoms. The van der Waals surface area contributed by atoms with Crippen molar-refractivity contribution in [2.75, 3.05) is 11.9 Å². The van der Waals surface area contributed by atoms with Crippen molar-refractivity contribution in [1.82, 2.24) is 19.9 Å². The van der Waals surface area contributed by atoms with Gasteiger partial charge in [0.25, 0.3) is 0 Å². The number of benzene rings is 2. The summed E-state index contributed by atoms with van der Waals surface area (Å²) in [5.41, 5.74) is 7.16. The van der Waals surface area contributed by atoms with Crippen LogP contribution < -0.4 is 10.6 Å². The van der Waals surface area contributed by atoms with Crippen molar-refractivity contribution < 1.29 is 4.79 Å². The maximum atomic E-state index is 12.2. The van der Waals surface area contributed by atoms with Crippen LogP contribution in [0.15, 0.2) is 60.8 Å². The van der Waals surface area contributed by atoms with Crippen LogP contribution in [0.4, 0.5) is 10.5 Å². The van der Waals surface area contributed by atoms with E-state index in [1.54, 1.807) is 6.20 Å². The number of carbonyl (C=O) groups is 1. The molecule has 158 valence electrons. The first-order chi connectivity index (χ1) is 15.0. The summed E-state index contributed by atoms with van der Waals surface area (Å²) in [5.74, 6) is 0.897. The van der Waals surface area contributed by atoms with Gasteiger partial charge in [-0.2, -0.15) is 0 Å². The van der Waals surface area contributed by atoms with Gasteiger partial charge < -0.3 is 15.2 Å². The molecule has 4 aromatic rings. The molecule has 6 nitrogen and oxygen atoms in total. The summed E-state index contributed by atoms with van der Waals surface area (Å²) in [5, 5.41) is 5.83. The first-order valence-corrected chi connectivity index (χ1v) is 10.5. The van der Waals surface area contributed by atoms with E-state index < -0.39 is 0 Å². The van der Waals surface area contributed by atoms with Gasteiger partial charge in [0.1, 0.15) is 11.3 Å². The lowest BCUT2D eigenvalue weighted by molar-refractivity contribution is 0.252. The predicted octanol–water partition coefficient (Wildman–Crippen LogP) is 5.24. The first kappa shape index (κ1) is 20.6. The molecule has 0 saturated carbocycles. The van der Waals surface area contributed by atoms with Crippen LogP contribution in [-0.2, 0) is 6.54 Å². The van der Waals surface area contributed by atoms with E-state index in [9.17, 15) is 4.79 Å². The van der Waals surface area contributed by atoms with E-state index in [1.165, 1.54) is 11.1 Å². The van der Waals surface area contributed by atoms with E-state index in [0.717, 1.165) is 40.2 Å². The molecule has 2 amide bonds. The molecular weight excluding hydrogens is 386 g/mol. The van der Waals surface area contributed by atoms with Crippen LogP contribution >= 0.6 is 0 Å². The second-order valence-electron chi connectivity index (χ2n) is 7.83. The summed E-state index contributed by atoms with van der Waals surface area (Å²) in [7, 11) is 0. The van der Waals surface area contributed by atoms with Crippen molar-refractivity contribution in [3.05, 3.63) is 77.5 Å². The molecule has 0 unspecified atom stereocenters. The standard InChI is InChI=1S/C25H27N5O/c1-17-7-10-20(11-8-17)23-29-22-6-4-13-26-24(22)30(23)15-5-14-27-25(31)28-21-12-9-18(2)19(3)16-21/h4,6-13,16H,5,14-15H2,1-3H3,(H2,27,28,31). The molecule has 4 rings (SSSR count). The Kier molecular flexibility index (Phi) is 5.98. The van der Waals surface area contributed by atoms with Crippen LogP contribution in [0.5, 0.6) is 0 Å². The number of nitrogens with zero attached hydrogens (tertiary/aromatic N) is 3. The number of amides is 2. The number of anilines is 1. The van der Waals surface area contributed by atoms with Gasteiger partial charge in [-0.25, -0.2) is 14.8 Å². The largest absolute Gasteiger partial charge is 0.338 e. The number of carbonyl (C=O) groups excluding carboxylic acids is 1.